The van der Waals surface area contributed by atoms with Gasteiger partial charge in [0.25, 0.3) is 0 Å². The van der Waals surface area contributed by atoms with Crippen LogP contribution in [0.1, 0.15) is 22.2 Å². The number of para-hydroxylation sites is 1. The van der Waals surface area contributed by atoms with Crippen molar-refractivity contribution < 1.29 is 13.9 Å². The molecule has 3 aromatic rings. The summed E-state index contributed by atoms with van der Waals surface area (Å²) in [5, 5.41) is 0.961. The number of anilines is 2. The Morgan fingerprint density at radius 3 is 2.59 bits per heavy atom. The minimum atomic E-state index is -0.362. The summed E-state index contributed by atoms with van der Waals surface area (Å²) in [5.74, 6) is 0.123. The fourth-order valence-corrected chi connectivity index (χ4v) is 4.86. The van der Waals surface area contributed by atoms with Crippen LogP contribution in [0.5, 0.6) is 0 Å². The largest absolute Gasteiger partial charge is 0.462 e. The molecule has 0 spiro atoms. The Balaban J connectivity index is 1.64. The SMILES string of the molecule is CCOC(=O)c1sc2nc(Cl)nc(N3CCN(c4ccccc4F)CC3)c2c1C. The minimum absolute atomic E-state index is 0.140. The van der Waals surface area contributed by atoms with Crippen LogP contribution in [0.25, 0.3) is 10.2 Å². The summed E-state index contributed by atoms with van der Waals surface area (Å²) in [6, 6.07) is 6.79. The molecule has 1 aliphatic rings. The number of carbonyl (C=O) groups is 1. The average Bonchev–Trinajstić information content (AvgIpc) is 3.04. The van der Waals surface area contributed by atoms with E-state index in [9.17, 15) is 9.18 Å². The molecule has 0 unspecified atom stereocenters. The van der Waals surface area contributed by atoms with E-state index in [-0.39, 0.29) is 17.1 Å². The Morgan fingerprint density at radius 1 is 1.21 bits per heavy atom. The quantitative estimate of drug-likeness (QED) is 0.451. The number of aryl methyl sites for hydroxylation is 1. The normalized spacial score (nSPS) is 14.5. The third-order valence-electron chi connectivity index (χ3n) is 4.98. The fraction of sp³-hybridized carbons (Fsp3) is 0.350. The molecule has 3 heterocycles. The van der Waals surface area contributed by atoms with Crippen molar-refractivity contribution in [3.63, 3.8) is 0 Å². The third-order valence-corrected chi connectivity index (χ3v) is 6.31. The number of piperazine rings is 1. The predicted octanol–water partition coefficient (Wildman–Crippen LogP) is 4.30. The van der Waals surface area contributed by atoms with Crippen LogP contribution in [0.2, 0.25) is 5.28 Å². The number of fused-ring (bicyclic) bond motifs is 1. The Labute approximate surface area is 176 Å². The van der Waals surface area contributed by atoms with Gasteiger partial charge in [-0.2, -0.15) is 4.98 Å². The standard InChI is InChI=1S/C20H20ClFN4O2S/c1-3-28-19(27)16-12(2)15-17(23-20(21)24-18(15)29-16)26-10-8-25(9-11-26)14-7-5-4-6-13(14)22/h4-7H,3,8-11H2,1-2H3. The fourth-order valence-electron chi connectivity index (χ4n) is 3.58. The van der Waals surface area contributed by atoms with Gasteiger partial charge in [-0.25, -0.2) is 14.2 Å². The number of ether oxygens (including phenoxy) is 1. The van der Waals surface area contributed by atoms with Crippen molar-refractivity contribution in [1.82, 2.24) is 9.97 Å². The van der Waals surface area contributed by atoms with Crippen molar-refractivity contribution >= 4 is 50.6 Å². The molecule has 0 N–H and O–H groups in total. The van der Waals surface area contributed by atoms with E-state index in [0.29, 0.717) is 54.0 Å². The van der Waals surface area contributed by atoms with Crippen LogP contribution in [0.3, 0.4) is 0 Å². The first-order valence-corrected chi connectivity index (χ1v) is 10.6. The summed E-state index contributed by atoms with van der Waals surface area (Å²) in [7, 11) is 0. The first-order valence-electron chi connectivity index (χ1n) is 9.37. The number of benzene rings is 1. The Morgan fingerprint density at radius 2 is 1.90 bits per heavy atom. The molecule has 4 rings (SSSR count). The molecule has 0 amide bonds. The molecule has 1 fully saturated rings. The maximum Gasteiger partial charge on any atom is 0.348 e. The van der Waals surface area contributed by atoms with E-state index in [2.05, 4.69) is 14.9 Å². The van der Waals surface area contributed by atoms with E-state index in [1.54, 1.807) is 19.1 Å². The van der Waals surface area contributed by atoms with E-state index in [0.717, 1.165) is 10.9 Å². The van der Waals surface area contributed by atoms with Crippen LogP contribution < -0.4 is 9.80 Å². The Hall–Kier alpha value is -2.45. The smallest absolute Gasteiger partial charge is 0.348 e. The van der Waals surface area contributed by atoms with Gasteiger partial charge in [0.05, 0.1) is 17.7 Å². The number of hydrogen-bond donors (Lipinski definition) is 0. The van der Waals surface area contributed by atoms with Gasteiger partial charge in [0.1, 0.15) is 21.3 Å². The van der Waals surface area contributed by atoms with Crippen LogP contribution >= 0.6 is 22.9 Å². The van der Waals surface area contributed by atoms with Gasteiger partial charge in [-0.05, 0) is 43.1 Å². The summed E-state index contributed by atoms with van der Waals surface area (Å²) >= 11 is 7.44. The second kappa shape index (κ2) is 8.12. The van der Waals surface area contributed by atoms with Gasteiger partial charge in [-0.1, -0.05) is 12.1 Å². The number of carbonyl (C=O) groups excluding carboxylic acids is 1. The highest BCUT2D eigenvalue weighted by atomic mass is 35.5. The first kappa shape index (κ1) is 19.8. The van der Waals surface area contributed by atoms with Crippen molar-refractivity contribution in [3.8, 4) is 0 Å². The number of aromatic nitrogens is 2. The van der Waals surface area contributed by atoms with Gasteiger partial charge in [0.15, 0.2) is 0 Å². The molecule has 29 heavy (non-hydrogen) atoms. The van der Waals surface area contributed by atoms with Crippen molar-refractivity contribution in [1.29, 1.82) is 0 Å². The lowest BCUT2D eigenvalue weighted by Gasteiger charge is -2.37. The van der Waals surface area contributed by atoms with E-state index in [4.69, 9.17) is 16.3 Å². The van der Waals surface area contributed by atoms with Crippen molar-refractivity contribution in [3.05, 3.63) is 45.8 Å². The molecular formula is C20H20ClFN4O2S. The lowest BCUT2D eigenvalue weighted by atomic mass is 10.1. The summed E-state index contributed by atoms with van der Waals surface area (Å²) in [6.07, 6.45) is 0. The number of thiophene rings is 1. The molecule has 0 saturated carbocycles. The van der Waals surface area contributed by atoms with E-state index in [1.807, 2.05) is 17.9 Å². The second-order valence-electron chi connectivity index (χ2n) is 6.70. The molecule has 152 valence electrons. The maximum atomic E-state index is 14.1. The monoisotopic (exact) mass is 434 g/mol. The molecule has 0 aliphatic carbocycles. The third kappa shape index (κ3) is 3.74. The molecule has 6 nitrogen and oxygen atoms in total. The first-order chi connectivity index (χ1) is 14.0. The van der Waals surface area contributed by atoms with Gasteiger partial charge < -0.3 is 14.5 Å². The molecule has 0 bridgehead atoms. The highest BCUT2D eigenvalue weighted by Crippen LogP contribution is 2.37. The van der Waals surface area contributed by atoms with Gasteiger partial charge in [0, 0.05) is 26.2 Å². The van der Waals surface area contributed by atoms with Crippen LogP contribution in [0, 0.1) is 12.7 Å². The van der Waals surface area contributed by atoms with Gasteiger partial charge in [-0.15, -0.1) is 11.3 Å². The predicted molar refractivity (Wildman–Crippen MR) is 114 cm³/mol. The Bertz CT molecular complexity index is 1070. The summed E-state index contributed by atoms with van der Waals surface area (Å²) in [5.41, 5.74) is 1.40. The molecule has 1 aromatic carbocycles. The summed E-state index contributed by atoms with van der Waals surface area (Å²) in [6.45, 7) is 6.57. The highest BCUT2D eigenvalue weighted by molar-refractivity contribution is 7.20. The van der Waals surface area contributed by atoms with Crippen LogP contribution in [-0.4, -0.2) is 48.7 Å². The maximum absolute atomic E-state index is 14.1. The number of esters is 1. The van der Waals surface area contributed by atoms with Crippen molar-refractivity contribution in [2.45, 2.75) is 13.8 Å². The molecular weight excluding hydrogens is 415 g/mol. The van der Waals surface area contributed by atoms with E-state index < -0.39 is 0 Å². The van der Waals surface area contributed by atoms with Crippen LogP contribution in [-0.2, 0) is 4.74 Å². The zero-order chi connectivity index (χ0) is 20.5. The number of hydrogen-bond acceptors (Lipinski definition) is 7. The molecule has 2 aromatic heterocycles. The molecule has 9 heteroatoms. The van der Waals surface area contributed by atoms with Crippen LogP contribution in [0.15, 0.2) is 24.3 Å². The molecule has 0 radical (unpaired) electrons. The van der Waals surface area contributed by atoms with E-state index >= 15 is 0 Å². The lowest BCUT2D eigenvalue weighted by Crippen LogP contribution is -2.47. The minimum Gasteiger partial charge on any atom is -0.462 e. The van der Waals surface area contributed by atoms with Crippen molar-refractivity contribution in [2.24, 2.45) is 0 Å². The second-order valence-corrected chi connectivity index (χ2v) is 8.04. The topological polar surface area (TPSA) is 58.6 Å². The summed E-state index contributed by atoms with van der Waals surface area (Å²) in [4.78, 5) is 26.4. The highest BCUT2D eigenvalue weighted by Gasteiger charge is 2.26. The Kier molecular flexibility index (Phi) is 5.56. The zero-order valence-corrected chi connectivity index (χ0v) is 17.7. The molecule has 1 saturated heterocycles. The van der Waals surface area contributed by atoms with Crippen molar-refractivity contribution in [2.75, 3.05) is 42.6 Å². The van der Waals surface area contributed by atoms with Crippen LogP contribution in [0.4, 0.5) is 15.9 Å². The average molecular weight is 435 g/mol. The zero-order valence-electron chi connectivity index (χ0n) is 16.1. The molecule has 1 aliphatic heterocycles. The number of nitrogens with zero attached hydrogens (tertiary/aromatic N) is 4. The number of rotatable bonds is 4. The number of halogens is 2. The molecule has 0 atom stereocenters. The summed E-state index contributed by atoms with van der Waals surface area (Å²) < 4.78 is 19.3. The van der Waals surface area contributed by atoms with E-state index in [1.165, 1.54) is 17.4 Å². The van der Waals surface area contributed by atoms with Gasteiger partial charge in [0.2, 0.25) is 5.28 Å². The lowest BCUT2D eigenvalue weighted by molar-refractivity contribution is 0.0531. The van der Waals surface area contributed by atoms with Gasteiger partial charge >= 0.3 is 5.97 Å². The van der Waals surface area contributed by atoms with Gasteiger partial charge in [-0.3, -0.25) is 0 Å².